The summed E-state index contributed by atoms with van der Waals surface area (Å²) in [6.07, 6.45) is 6.52. The highest BCUT2D eigenvalue weighted by molar-refractivity contribution is 6.04. The summed E-state index contributed by atoms with van der Waals surface area (Å²) in [5.74, 6) is 1.51. The van der Waals surface area contributed by atoms with Gasteiger partial charge in [-0.15, -0.1) is 0 Å². The lowest BCUT2D eigenvalue weighted by molar-refractivity contribution is -0.110. The molecule has 0 unspecified atom stereocenters. The normalized spacial score (nSPS) is 11.0. The van der Waals surface area contributed by atoms with E-state index in [0.717, 1.165) is 11.1 Å². The van der Waals surface area contributed by atoms with E-state index in [4.69, 9.17) is 14.2 Å². The minimum Gasteiger partial charge on any atom is -0.493 e. The van der Waals surface area contributed by atoms with Crippen LogP contribution >= 0.6 is 0 Å². The first-order chi connectivity index (χ1) is 11.7. The maximum Gasteiger partial charge on any atom is 0.203 e. The van der Waals surface area contributed by atoms with Gasteiger partial charge in [-0.1, -0.05) is 42.5 Å². The smallest absolute Gasteiger partial charge is 0.203 e. The number of carbonyl (C=O) groups excluding carboxylic acids is 1. The number of hydrogen-bond donors (Lipinski definition) is 0. The van der Waals surface area contributed by atoms with Crippen molar-refractivity contribution in [3.8, 4) is 17.2 Å². The second-order valence-electron chi connectivity index (χ2n) is 4.94. The fourth-order valence-corrected chi connectivity index (χ4v) is 2.17. The van der Waals surface area contributed by atoms with Crippen LogP contribution in [-0.4, -0.2) is 27.1 Å². The number of carbonyl (C=O) groups is 1. The van der Waals surface area contributed by atoms with Crippen molar-refractivity contribution in [1.82, 2.24) is 0 Å². The number of rotatable bonds is 7. The van der Waals surface area contributed by atoms with E-state index < -0.39 is 0 Å². The van der Waals surface area contributed by atoms with Gasteiger partial charge in [0, 0.05) is 0 Å². The Bertz CT molecular complexity index is 720. The Hall–Kier alpha value is -3.01. The highest BCUT2D eigenvalue weighted by Gasteiger charge is 2.11. The Morgan fingerprint density at radius 1 is 0.792 bits per heavy atom. The van der Waals surface area contributed by atoms with Crippen molar-refractivity contribution in [2.24, 2.45) is 0 Å². The van der Waals surface area contributed by atoms with E-state index >= 15 is 0 Å². The van der Waals surface area contributed by atoms with Crippen LogP contribution in [0.1, 0.15) is 11.1 Å². The van der Waals surface area contributed by atoms with E-state index in [1.54, 1.807) is 45.6 Å². The Morgan fingerprint density at radius 2 is 1.33 bits per heavy atom. The summed E-state index contributed by atoms with van der Waals surface area (Å²) >= 11 is 0. The maximum absolute atomic E-state index is 12.0. The largest absolute Gasteiger partial charge is 0.493 e. The molecule has 4 heteroatoms. The molecule has 0 saturated carbocycles. The SMILES string of the molecule is COc1cc(/C=C/C(=O)/C=C/c2ccccc2)cc(OC)c1OC. The lowest BCUT2D eigenvalue weighted by atomic mass is 10.1. The van der Waals surface area contributed by atoms with Gasteiger partial charge < -0.3 is 14.2 Å². The Morgan fingerprint density at radius 3 is 1.83 bits per heavy atom. The third-order valence-corrected chi connectivity index (χ3v) is 3.37. The number of methoxy groups -OCH3 is 3. The van der Waals surface area contributed by atoms with Gasteiger partial charge in [-0.25, -0.2) is 0 Å². The van der Waals surface area contributed by atoms with Gasteiger partial charge in [0.1, 0.15) is 0 Å². The fraction of sp³-hybridized carbons (Fsp3) is 0.150. The van der Waals surface area contributed by atoms with Crippen molar-refractivity contribution in [2.45, 2.75) is 0 Å². The Balaban J connectivity index is 2.16. The van der Waals surface area contributed by atoms with Gasteiger partial charge in [0.15, 0.2) is 17.3 Å². The quantitative estimate of drug-likeness (QED) is 0.722. The molecular weight excluding hydrogens is 304 g/mol. The monoisotopic (exact) mass is 324 g/mol. The molecule has 24 heavy (non-hydrogen) atoms. The van der Waals surface area contributed by atoms with Gasteiger partial charge in [0.25, 0.3) is 0 Å². The fourth-order valence-electron chi connectivity index (χ4n) is 2.17. The second-order valence-corrected chi connectivity index (χ2v) is 4.94. The molecule has 2 aromatic rings. The molecule has 0 N–H and O–H groups in total. The molecule has 0 saturated heterocycles. The summed E-state index contributed by atoms with van der Waals surface area (Å²) in [6.45, 7) is 0. The summed E-state index contributed by atoms with van der Waals surface area (Å²) in [6, 6.07) is 13.2. The molecule has 4 nitrogen and oxygen atoms in total. The van der Waals surface area contributed by atoms with Crippen LogP contribution in [0.25, 0.3) is 12.2 Å². The van der Waals surface area contributed by atoms with Crippen molar-refractivity contribution in [1.29, 1.82) is 0 Å². The number of ketones is 1. The van der Waals surface area contributed by atoms with Crippen molar-refractivity contribution in [3.05, 3.63) is 65.7 Å². The number of benzene rings is 2. The third kappa shape index (κ3) is 4.49. The highest BCUT2D eigenvalue weighted by Crippen LogP contribution is 2.38. The third-order valence-electron chi connectivity index (χ3n) is 3.37. The van der Waals surface area contributed by atoms with E-state index in [2.05, 4.69) is 0 Å². The van der Waals surface area contributed by atoms with Crippen LogP contribution in [0, 0.1) is 0 Å². The first-order valence-electron chi connectivity index (χ1n) is 7.43. The summed E-state index contributed by atoms with van der Waals surface area (Å²) < 4.78 is 15.9. The molecule has 0 aromatic heterocycles. The molecule has 0 bridgehead atoms. The summed E-state index contributed by atoms with van der Waals surface area (Å²) in [5, 5.41) is 0. The number of ether oxygens (including phenoxy) is 3. The van der Waals surface area contributed by atoms with Crippen LogP contribution in [-0.2, 0) is 4.79 Å². The van der Waals surface area contributed by atoms with Crippen LogP contribution in [0.5, 0.6) is 17.2 Å². The molecule has 0 aliphatic heterocycles. The molecule has 0 fully saturated rings. The molecule has 0 spiro atoms. The average Bonchev–Trinajstić information content (AvgIpc) is 2.64. The lowest BCUT2D eigenvalue weighted by Crippen LogP contribution is -1.95. The number of hydrogen-bond acceptors (Lipinski definition) is 4. The maximum atomic E-state index is 12.0. The topological polar surface area (TPSA) is 44.8 Å². The number of allylic oxidation sites excluding steroid dienone is 2. The molecule has 0 radical (unpaired) electrons. The predicted molar refractivity (Wildman–Crippen MR) is 95.6 cm³/mol. The van der Waals surface area contributed by atoms with Crippen LogP contribution in [0.2, 0.25) is 0 Å². The molecular formula is C20H20O4. The highest BCUT2D eigenvalue weighted by atomic mass is 16.5. The summed E-state index contributed by atoms with van der Waals surface area (Å²) in [5.41, 5.74) is 1.76. The summed E-state index contributed by atoms with van der Waals surface area (Å²) in [4.78, 5) is 12.0. The van der Waals surface area contributed by atoms with E-state index in [0.29, 0.717) is 17.2 Å². The zero-order valence-corrected chi connectivity index (χ0v) is 14.0. The van der Waals surface area contributed by atoms with E-state index in [1.165, 1.54) is 12.2 Å². The predicted octanol–water partition coefficient (Wildman–Crippen LogP) is 4.01. The zero-order valence-electron chi connectivity index (χ0n) is 14.0. The molecule has 2 rings (SSSR count). The minimum atomic E-state index is -0.104. The van der Waals surface area contributed by atoms with Crippen molar-refractivity contribution >= 4 is 17.9 Å². The average molecular weight is 324 g/mol. The molecule has 0 atom stereocenters. The van der Waals surface area contributed by atoms with Gasteiger partial charge in [-0.05, 0) is 35.4 Å². The zero-order chi connectivity index (χ0) is 17.4. The molecule has 0 heterocycles. The minimum absolute atomic E-state index is 0.104. The van der Waals surface area contributed by atoms with Crippen molar-refractivity contribution < 1.29 is 19.0 Å². The van der Waals surface area contributed by atoms with Crippen molar-refractivity contribution in [3.63, 3.8) is 0 Å². The molecule has 2 aromatic carbocycles. The van der Waals surface area contributed by atoms with E-state index in [1.807, 2.05) is 30.3 Å². The van der Waals surface area contributed by atoms with Crippen molar-refractivity contribution in [2.75, 3.05) is 21.3 Å². The van der Waals surface area contributed by atoms with Gasteiger partial charge in [0.2, 0.25) is 5.75 Å². The first-order valence-corrected chi connectivity index (χ1v) is 7.43. The van der Waals surface area contributed by atoms with Gasteiger partial charge in [0.05, 0.1) is 21.3 Å². The van der Waals surface area contributed by atoms with Gasteiger partial charge in [-0.3, -0.25) is 4.79 Å². The molecule has 0 amide bonds. The van der Waals surface area contributed by atoms with Crippen LogP contribution in [0.3, 0.4) is 0 Å². The Labute approximate surface area is 142 Å². The molecule has 0 aliphatic carbocycles. The second kappa shape index (κ2) is 8.58. The van der Waals surface area contributed by atoms with E-state index in [9.17, 15) is 4.79 Å². The van der Waals surface area contributed by atoms with Crippen LogP contribution in [0.4, 0.5) is 0 Å². The van der Waals surface area contributed by atoms with Gasteiger partial charge >= 0.3 is 0 Å². The first kappa shape index (κ1) is 17.3. The standard InChI is InChI=1S/C20H20O4/c1-22-18-13-16(14-19(23-2)20(18)24-3)10-12-17(21)11-9-15-7-5-4-6-8-15/h4-14H,1-3H3/b11-9+,12-10+. The van der Waals surface area contributed by atoms with Crippen LogP contribution in [0.15, 0.2) is 54.6 Å². The van der Waals surface area contributed by atoms with Crippen LogP contribution < -0.4 is 14.2 Å². The molecule has 124 valence electrons. The Kier molecular flexibility index (Phi) is 6.20. The molecule has 0 aliphatic rings. The van der Waals surface area contributed by atoms with Gasteiger partial charge in [-0.2, -0.15) is 0 Å². The van der Waals surface area contributed by atoms with E-state index in [-0.39, 0.29) is 5.78 Å². The summed E-state index contributed by atoms with van der Waals surface area (Å²) in [7, 11) is 4.66. The lowest BCUT2D eigenvalue weighted by Gasteiger charge is -2.12.